The Morgan fingerprint density at radius 2 is 2.04 bits per heavy atom. The van der Waals surface area contributed by atoms with E-state index in [4.69, 9.17) is 16.3 Å². The normalized spacial score (nSPS) is 10.6. The molecule has 0 aliphatic heterocycles. The van der Waals surface area contributed by atoms with Gasteiger partial charge >= 0.3 is 6.09 Å². The summed E-state index contributed by atoms with van der Waals surface area (Å²) in [5, 5.41) is 4.52. The van der Waals surface area contributed by atoms with E-state index in [1.807, 2.05) is 24.3 Å². The fourth-order valence-corrected chi connectivity index (χ4v) is 3.34. The van der Waals surface area contributed by atoms with Gasteiger partial charge in [-0.25, -0.2) is 4.79 Å². The predicted molar refractivity (Wildman–Crippen MR) is 90.6 cm³/mol. The van der Waals surface area contributed by atoms with Crippen LogP contribution in [0.5, 0.6) is 0 Å². The number of unbranched alkanes of at least 4 members (excludes halogenated alkanes) is 1. The summed E-state index contributed by atoms with van der Waals surface area (Å²) in [6.07, 6.45) is -0.862. The second kappa shape index (κ2) is 8.26. The van der Waals surface area contributed by atoms with Crippen LogP contribution in [0.1, 0.15) is 26.2 Å². The maximum Gasteiger partial charge on any atom is 0.412 e. The average molecular weight is 360 g/mol. The fraction of sp³-hybridized carbons (Fsp3) is 0.312. The van der Waals surface area contributed by atoms with Crippen molar-refractivity contribution in [1.29, 1.82) is 0 Å². The Bertz CT molecular complexity index is 726. The first kappa shape index (κ1) is 17.7. The molecule has 23 heavy (non-hydrogen) atoms. The Morgan fingerprint density at radius 1 is 1.30 bits per heavy atom. The quantitative estimate of drug-likeness (QED) is 0.602. The lowest BCUT2D eigenvalue weighted by molar-refractivity contribution is 0.159. The van der Waals surface area contributed by atoms with Crippen molar-refractivity contribution in [2.24, 2.45) is 0 Å². The van der Waals surface area contributed by atoms with Crippen LogP contribution in [0.2, 0.25) is 5.02 Å². The molecule has 0 saturated carbocycles. The number of fused-ring (bicyclic) bond motifs is 1. The van der Waals surface area contributed by atoms with Gasteiger partial charge < -0.3 is 4.74 Å². The van der Waals surface area contributed by atoms with Gasteiger partial charge in [0.25, 0.3) is 6.08 Å². The van der Waals surface area contributed by atoms with Gasteiger partial charge in [0, 0.05) is 10.1 Å². The maximum atomic E-state index is 12.2. The highest BCUT2D eigenvalue weighted by molar-refractivity contribution is 7.23. The number of ether oxygens (including phenoxy) is 1. The Labute approximate surface area is 141 Å². The third-order valence-corrected chi connectivity index (χ3v) is 4.84. The molecule has 0 aliphatic rings. The van der Waals surface area contributed by atoms with Gasteiger partial charge in [-0.15, -0.1) is 11.3 Å². The first-order valence-electron chi connectivity index (χ1n) is 7.10. The summed E-state index contributed by atoms with van der Waals surface area (Å²) in [7, 11) is 0. The molecule has 0 unspecified atom stereocenters. The highest BCUT2D eigenvalue weighted by Gasteiger charge is 2.13. The summed E-state index contributed by atoms with van der Waals surface area (Å²) < 4.78 is 30.4. The van der Waals surface area contributed by atoms with Gasteiger partial charge in [-0.05, 0) is 37.8 Å². The molecule has 1 aromatic heterocycles. The predicted octanol–water partition coefficient (Wildman–Crippen LogP) is 6.44. The SMILES string of the molecule is CC(CCCCOC(=O)Nc1sc2ccccc2c1Cl)=C(F)F. The number of carbonyl (C=O) groups excluding carboxylic acids is 1. The Balaban J connectivity index is 1.78. The second-order valence-electron chi connectivity index (χ2n) is 5.00. The van der Waals surface area contributed by atoms with E-state index in [0.717, 1.165) is 10.1 Å². The number of carbonyl (C=O) groups is 1. The summed E-state index contributed by atoms with van der Waals surface area (Å²) in [5.74, 6) is 0. The lowest BCUT2D eigenvalue weighted by Crippen LogP contribution is -2.13. The van der Waals surface area contributed by atoms with E-state index >= 15 is 0 Å². The smallest absolute Gasteiger partial charge is 0.412 e. The number of benzene rings is 1. The van der Waals surface area contributed by atoms with Crippen LogP contribution < -0.4 is 5.32 Å². The lowest BCUT2D eigenvalue weighted by atomic mass is 10.1. The summed E-state index contributed by atoms with van der Waals surface area (Å²) in [5.41, 5.74) is 0.0755. The van der Waals surface area contributed by atoms with Crippen molar-refractivity contribution in [3.8, 4) is 0 Å². The summed E-state index contributed by atoms with van der Waals surface area (Å²) >= 11 is 7.58. The van der Waals surface area contributed by atoms with E-state index in [2.05, 4.69) is 5.32 Å². The zero-order valence-electron chi connectivity index (χ0n) is 12.5. The molecule has 2 aromatic rings. The lowest BCUT2D eigenvalue weighted by Gasteiger charge is -2.06. The molecule has 1 aromatic carbocycles. The number of halogens is 3. The third kappa shape index (κ3) is 4.91. The molecule has 0 atom stereocenters. The largest absolute Gasteiger partial charge is 0.449 e. The second-order valence-corrected chi connectivity index (χ2v) is 6.43. The van der Waals surface area contributed by atoms with Crippen LogP contribution in [0.15, 0.2) is 35.9 Å². The van der Waals surface area contributed by atoms with Gasteiger partial charge in [0.2, 0.25) is 0 Å². The highest BCUT2D eigenvalue weighted by atomic mass is 35.5. The van der Waals surface area contributed by atoms with Gasteiger partial charge in [-0.2, -0.15) is 8.78 Å². The number of thiophene rings is 1. The van der Waals surface area contributed by atoms with Crippen LogP contribution in [-0.2, 0) is 4.74 Å². The van der Waals surface area contributed by atoms with Gasteiger partial charge in [0.05, 0.1) is 11.6 Å². The molecular weight excluding hydrogens is 344 g/mol. The first-order chi connectivity index (χ1) is 11.0. The molecule has 0 radical (unpaired) electrons. The van der Waals surface area contributed by atoms with Gasteiger partial charge in [-0.1, -0.05) is 29.8 Å². The molecule has 0 aliphatic carbocycles. The van der Waals surface area contributed by atoms with Gasteiger partial charge in [0.15, 0.2) is 0 Å². The topological polar surface area (TPSA) is 38.3 Å². The van der Waals surface area contributed by atoms with Gasteiger partial charge in [-0.3, -0.25) is 5.32 Å². The van der Waals surface area contributed by atoms with Crippen molar-refractivity contribution in [2.75, 3.05) is 11.9 Å². The molecule has 1 N–H and O–H groups in total. The number of anilines is 1. The van der Waals surface area contributed by atoms with Gasteiger partial charge in [0.1, 0.15) is 5.00 Å². The van der Waals surface area contributed by atoms with E-state index in [9.17, 15) is 13.6 Å². The standard InChI is InChI=1S/C16H16ClF2NO2S/c1-10(14(18)19)6-4-5-9-22-16(21)20-15-13(17)11-7-2-3-8-12(11)23-15/h2-3,7-8H,4-6,9H2,1H3,(H,20,21). The molecule has 124 valence electrons. The maximum absolute atomic E-state index is 12.2. The Kier molecular flexibility index (Phi) is 6.36. The molecule has 1 amide bonds. The van der Waals surface area contributed by atoms with Crippen LogP contribution in [0.3, 0.4) is 0 Å². The minimum Gasteiger partial charge on any atom is -0.449 e. The highest BCUT2D eigenvalue weighted by Crippen LogP contribution is 2.39. The fourth-order valence-electron chi connectivity index (χ4n) is 1.97. The molecular formula is C16H16ClF2NO2S. The molecule has 3 nitrogen and oxygen atoms in total. The van der Waals surface area contributed by atoms with Crippen LogP contribution in [-0.4, -0.2) is 12.7 Å². The van der Waals surface area contributed by atoms with Crippen LogP contribution in [0, 0.1) is 0 Å². The zero-order chi connectivity index (χ0) is 16.8. The molecule has 0 bridgehead atoms. The number of amides is 1. The third-order valence-electron chi connectivity index (χ3n) is 3.25. The number of hydrogen-bond acceptors (Lipinski definition) is 3. The number of nitrogens with one attached hydrogen (secondary N) is 1. The number of allylic oxidation sites excluding steroid dienone is 1. The molecule has 2 rings (SSSR count). The van der Waals surface area contributed by atoms with Crippen LogP contribution >= 0.6 is 22.9 Å². The Morgan fingerprint density at radius 3 is 2.74 bits per heavy atom. The Hall–Kier alpha value is -1.66. The molecule has 0 saturated heterocycles. The van der Waals surface area contributed by atoms with E-state index in [0.29, 0.717) is 29.3 Å². The monoisotopic (exact) mass is 359 g/mol. The summed E-state index contributed by atoms with van der Waals surface area (Å²) in [6, 6.07) is 7.57. The van der Waals surface area contributed by atoms with Crippen molar-refractivity contribution < 1.29 is 18.3 Å². The minimum absolute atomic E-state index is 0.0755. The van der Waals surface area contributed by atoms with E-state index in [1.165, 1.54) is 18.3 Å². The first-order valence-corrected chi connectivity index (χ1v) is 8.30. The minimum atomic E-state index is -1.64. The molecule has 1 heterocycles. The van der Waals surface area contributed by atoms with E-state index in [-0.39, 0.29) is 12.2 Å². The van der Waals surface area contributed by atoms with Crippen molar-refractivity contribution >= 4 is 44.1 Å². The van der Waals surface area contributed by atoms with Crippen molar-refractivity contribution in [3.05, 3.63) is 40.9 Å². The summed E-state index contributed by atoms with van der Waals surface area (Å²) in [6.45, 7) is 1.57. The van der Waals surface area contributed by atoms with E-state index < -0.39 is 12.2 Å². The zero-order valence-corrected chi connectivity index (χ0v) is 14.1. The summed E-state index contributed by atoms with van der Waals surface area (Å²) in [4.78, 5) is 11.7. The van der Waals surface area contributed by atoms with Crippen molar-refractivity contribution in [1.82, 2.24) is 0 Å². The number of rotatable bonds is 6. The number of hydrogen-bond donors (Lipinski definition) is 1. The van der Waals surface area contributed by atoms with Crippen molar-refractivity contribution in [3.63, 3.8) is 0 Å². The van der Waals surface area contributed by atoms with Crippen LogP contribution in [0.4, 0.5) is 18.6 Å². The average Bonchev–Trinajstić information content (AvgIpc) is 2.83. The molecule has 0 spiro atoms. The molecule has 0 fully saturated rings. The van der Waals surface area contributed by atoms with Crippen LogP contribution in [0.25, 0.3) is 10.1 Å². The molecule has 7 heteroatoms. The van der Waals surface area contributed by atoms with E-state index in [1.54, 1.807) is 0 Å². The van der Waals surface area contributed by atoms with Crippen molar-refractivity contribution in [2.45, 2.75) is 26.2 Å².